The monoisotopic (exact) mass is 737 g/mol. The molecule has 0 saturated carbocycles. The quantitative estimate of drug-likeness (QED) is 0.0316. The van der Waals surface area contributed by atoms with Crippen LogP contribution in [0.1, 0.15) is 200 Å². The second-order valence-corrected chi connectivity index (χ2v) is 15.5. The van der Waals surface area contributed by atoms with Crippen LogP contribution in [-0.2, 0) is 32.7 Å². The van der Waals surface area contributed by atoms with Crippen LogP contribution in [0.15, 0.2) is 0 Å². The van der Waals surface area contributed by atoms with Crippen molar-refractivity contribution in [3.05, 3.63) is 0 Å². The highest BCUT2D eigenvalue weighted by Crippen LogP contribution is 2.43. The van der Waals surface area contributed by atoms with Crippen molar-refractivity contribution in [1.82, 2.24) is 0 Å². The van der Waals surface area contributed by atoms with E-state index >= 15 is 0 Å². The zero-order valence-electron chi connectivity index (χ0n) is 32.1. The molecule has 0 spiro atoms. The lowest BCUT2D eigenvalue weighted by Crippen LogP contribution is -2.29. The highest BCUT2D eigenvalue weighted by atomic mass is 31.2. The summed E-state index contributed by atoms with van der Waals surface area (Å²) in [6, 6.07) is 0. The number of carbonyl (C=O) groups is 2. The first-order valence-electron chi connectivity index (χ1n) is 20.5. The Morgan fingerprint density at radius 2 is 0.860 bits per heavy atom. The molecule has 0 saturated heterocycles. The predicted octanol–water partition coefficient (Wildman–Crippen LogP) is 10.3. The van der Waals surface area contributed by atoms with E-state index in [1.54, 1.807) is 0 Å². The summed E-state index contributed by atoms with van der Waals surface area (Å²) in [5, 5.41) is 18.3. The lowest BCUT2D eigenvalue weighted by atomic mass is 10.0. The molecule has 0 fully saturated rings. The Morgan fingerprint density at radius 3 is 1.24 bits per heavy atom. The van der Waals surface area contributed by atoms with Gasteiger partial charge in [-0.3, -0.25) is 18.6 Å². The number of phosphoric ester groups is 1. The molecule has 0 bridgehead atoms. The average molecular weight is 737 g/mol. The highest BCUT2D eigenvalue weighted by molar-refractivity contribution is 7.47. The van der Waals surface area contributed by atoms with Gasteiger partial charge in [-0.1, -0.05) is 174 Å². The summed E-state index contributed by atoms with van der Waals surface area (Å²) >= 11 is 0. The van der Waals surface area contributed by atoms with Gasteiger partial charge in [-0.2, -0.15) is 0 Å². The molecule has 0 aromatic heterocycles. The third-order valence-electron chi connectivity index (χ3n) is 9.01. The fourth-order valence-corrected chi connectivity index (χ4v) is 6.61. The summed E-state index contributed by atoms with van der Waals surface area (Å²) in [6.45, 7) is 2.38. The van der Waals surface area contributed by atoms with E-state index in [2.05, 4.69) is 18.4 Å². The van der Waals surface area contributed by atoms with Crippen LogP contribution in [0.4, 0.5) is 0 Å². The van der Waals surface area contributed by atoms with Gasteiger partial charge in [0.15, 0.2) is 6.10 Å². The highest BCUT2D eigenvalue weighted by Gasteiger charge is 2.27. The van der Waals surface area contributed by atoms with Gasteiger partial charge < -0.3 is 24.6 Å². The van der Waals surface area contributed by atoms with E-state index in [9.17, 15) is 24.2 Å². The molecule has 3 atom stereocenters. The maximum atomic E-state index is 12.6. The van der Waals surface area contributed by atoms with Gasteiger partial charge in [0.2, 0.25) is 0 Å². The molecule has 0 aromatic rings. The zero-order chi connectivity index (χ0) is 37.0. The van der Waals surface area contributed by atoms with Crippen molar-refractivity contribution in [2.75, 3.05) is 26.4 Å². The van der Waals surface area contributed by atoms with E-state index in [0.717, 1.165) is 38.5 Å². The summed E-state index contributed by atoms with van der Waals surface area (Å²) in [7, 11) is -4.60. The normalized spacial score (nSPS) is 13.9. The molecule has 0 aliphatic heterocycles. The van der Waals surface area contributed by atoms with Gasteiger partial charge in [0.25, 0.3) is 0 Å². The largest absolute Gasteiger partial charge is 0.472 e. The Bertz CT molecular complexity index is 812. The van der Waals surface area contributed by atoms with Crippen molar-refractivity contribution in [3.63, 3.8) is 0 Å². The topological polar surface area (TPSA) is 149 Å². The van der Waals surface area contributed by atoms with Gasteiger partial charge in [-0.15, -0.1) is 0 Å². The lowest BCUT2D eigenvalue weighted by molar-refractivity contribution is -0.161. The Labute approximate surface area is 305 Å². The molecule has 0 aromatic carbocycles. The van der Waals surface area contributed by atoms with Crippen LogP contribution in [0, 0.1) is 0 Å². The number of hydrogen-bond acceptors (Lipinski definition) is 9. The van der Waals surface area contributed by atoms with Crippen LogP contribution in [0.5, 0.6) is 0 Å². The predicted molar refractivity (Wildman–Crippen MR) is 201 cm³/mol. The van der Waals surface area contributed by atoms with Gasteiger partial charge in [-0.25, -0.2) is 4.57 Å². The number of unbranched alkanes of at least 4 members (excludes halogenated alkanes) is 25. The second-order valence-electron chi connectivity index (χ2n) is 14.0. The molecule has 0 aliphatic rings. The van der Waals surface area contributed by atoms with Crippen LogP contribution >= 0.6 is 7.82 Å². The minimum atomic E-state index is -4.60. The van der Waals surface area contributed by atoms with Gasteiger partial charge in [0.1, 0.15) is 12.7 Å². The molecule has 0 rings (SSSR count). The van der Waals surface area contributed by atoms with Crippen molar-refractivity contribution in [1.29, 1.82) is 0 Å². The van der Waals surface area contributed by atoms with Gasteiger partial charge in [0, 0.05) is 12.8 Å². The first-order chi connectivity index (χ1) is 24.2. The molecule has 11 heteroatoms. The molecule has 0 amide bonds. The number of esters is 2. The molecule has 3 N–H and O–H groups in total. The molecule has 10 nitrogen and oxygen atoms in total. The fraction of sp³-hybridized carbons (Fsp3) is 0.949. The number of carbonyl (C=O) groups excluding carboxylic acids is 2. The van der Waals surface area contributed by atoms with Crippen LogP contribution in [-0.4, -0.2) is 65.7 Å². The van der Waals surface area contributed by atoms with E-state index in [-0.39, 0.29) is 19.4 Å². The number of hydrogen-bond donors (Lipinski definition) is 3. The van der Waals surface area contributed by atoms with Crippen molar-refractivity contribution < 1.29 is 47.8 Å². The molecular formula is C39H77O10P. The van der Waals surface area contributed by atoms with Crippen molar-refractivity contribution >= 4 is 19.8 Å². The lowest BCUT2D eigenvalue weighted by Gasteiger charge is -2.20. The molecule has 1 unspecified atom stereocenters. The maximum absolute atomic E-state index is 12.6. The molecular weight excluding hydrogens is 659 g/mol. The van der Waals surface area contributed by atoms with Crippen molar-refractivity contribution in [3.8, 4) is 0 Å². The SMILES string of the molecule is CCCCCCCCCCCCCCCCCCCCC(=O)O[C@H](COC(=O)CCCCCCCCCCC)COP(=O)(O)OC[C@@H](O)CO. The van der Waals surface area contributed by atoms with Gasteiger partial charge in [0.05, 0.1) is 19.8 Å². The summed E-state index contributed by atoms with van der Waals surface area (Å²) in [4.78, 5) is 34.8. The van der Waals surface area contributed by atoms with Crippen molar-refractivity contribution in [2.24, 2.45) is 0 Å². The molecule has 0 heterocycles. The third-order valence-corrected chi connectivity index (χ3v) is 9.96. The van der Waals surface area contributed by atoms with Gasteiger partial charge in [-0.05, 0) is 12.8 Å². The molecule has 0 aliphatic carbocycles. The molecule has 0 radical (unpaired) electrons. The summed E-state index contributed by atoms with van der Waals surface area (Å²) < 4.78 is 32.6. The Hall–Kier alpha value is -1.03. The Balaban J connectivity index is 4.22. The number of phosphoric acid groups is 1. The number of ether oxygens (including phenoxy) is 2. The number of rotatable bonds is 39. The molecule has 298 valence electrons. The van der Waals surface area contributed by atoms with Crippen LogP contribution in [0.3, 0.4) is 0 Å². The maximum Gasteiger partial charge on any atom is 0.472 e. The summed E-state index contributed by atoms with van der Waals surface area (Å²) in [5.41, 5.74) is 0. The minimum absolute atomic E-state index is 0.192. The van der Waals surface area contributed by atoms with Crippen molar-refractivity contribution in [2.45, 2.75) is 212 Å². The van der Waals surface area contributed by atoms with Crippen LogP contribution in [0.25, 0.3) is 0 Å². The first-order valence-corrected chi connectivity index (χ1v) is 22.0. The first kappa shape index (κ1) is 49.0. The van der Waals surface area contributed by atoms with E-state index in [1.807, 2.05) is 0 Å². The summed E-state index contributed by atoms with van der Waals surface area (Å²) in [5.74, 6) is -0.915. The molecule has 50 heavy (non-hydrogen) atoms. The van der Waals surface area contributed by atoms with Crippen LogP contribution < -0.4 is 0 Å². The van der Waals surface area contributed by atoms with E-state index in [4.69, 9.17) is 19.1 Å². The number of aliphatic hydroxyl groups is 2. The average Bonchev–Trinajstić information content (AvgIpc) is 3.10. The Morgan fingerprint density at radius 1 is 0.520 bits per heavy atom. The standard InChI is InChI=1S/C39H77O10P/c1-3-5-7-9-11-13-14-15-16-17-18-19-20-21-23-25-27-29-31-39(43)49-37(35-48-50(44,45)47-33-36(41)32-40)34-46-38(42)30-28-26-24-22-12-10-8-6-4-2/h36-37,40-41H,3-35H2,1-2H3,(H,44,45)/t36-,37+/m0/s1. The number of aliphatic hydroxyl groups excluding tert-OH is 2. The fourth-order valence-electron chi connectivity index (χ4n) is 5.82. The van der Waals surface area contributed by atoms with E-state index < -0.39 is 51.8 Å². The second kappa shape index (κ2) is 36.3. The third kappa shape index (κ3) is 35.4. The smallest absolute Gasteiger partial charge is 0.462 e. The summed E-state index contributed by atoms with van der Waals surface area (Å²) in [6.07, 6.45) is 30.8. The minimum Gasteiger partial charge on any atom is -0.462 e. The van der Waals surface area contributed by atoms with Crippen LogP contribution in [0.2, 0.25) is 0 Å². The Kier molecular flexibility index (Phi) is 35.6. The van der Waals surface area contributed by atoms with Gasteiger partial charge >= 0.3 is 19.8 Å². The van der Waals surface area contributed by atoms with E-state index in [0.29, 0.717) is 12.8 Å². The zero-order valence-corrected chi connectivity index (χ0v) is 33.0. The van der Waals surface area contributed by atoms with E-state index in [1.165, 1.54) is 122 Å².